The molecule has 0 saturated heterocycles. The van der Waals surface area contributed by atoms with E-state index < -0.39 is 0 Å². The number of para-hydroxylation sites is 1. The Morgan fingerprint density at radius 2 is 1.45 bits per heavy atom. The average molecular weight is 379 g/mol. The zero-order chi connectivity index (χ0) is 19.6. The number of aromatic amines is 1. The Labute approximate surface area is 166 Å². The lowest BCUT2D eigenvalue weighted by atomic mass is 10.1. The number of fused-ring (bicyclic) bond motifs is 3. The molecule has 2 N–H and O–H groups in total. The number of nitrogens with one attached hydrogen (secondary N) is 2. The van der Waals surface area contributed by atoms with Crippen molar-refractivity contribution in [2.75, 3.05) is 5.32 Å². The Hall–Kier alpha value is -4.12. The molecule has 0 atom stereocenters. The van der Waals surface area contributed by atoms with Gasteiger partial charge in [-0.3, -0.25) is 4.79 Å². The average Bonchev–Trinajstić information content (AvgIpc) is 2.76. The molecule has 0 spiro atoms. The number of aromatic nitrogens is 2. The summed E-state index contributed by atoms with van der Waals surface area (Å²) < 4.78 is 5.85. The molecule has 0 saturated carbocycles. The summed E-state index contributed by atoms with van der Waals surface area (Å²) in [6.07, 6.45) is 1.68. The summed E-state index contributed by atoms with van der Waals surface area (Å²) in [5.74, 6) is 1.56. The van der Waals surface area contributed by atoms with Gasteiger partial charge in [0.1, 0.15) is 17.1 Å². The first-order chi connectivity index (χ1) is 14.3. The summed E-state index contributed by atoms with van der Waals surface area (Å²) in [6, 6.07) is 26.9. The Kier molecular flexibility index (Phi) is 4.18. The van der Waals surface area contributed by atoms with Gasteiger partial charge in [-0.05, 0) is 48.5 Å². The zero-order valence-electron chi connectivity index (χ0n) is 15.4. The van der Waals surface area contributed by atoms with Crippen LogP contribution in [-0.2, 0) is 0 Å². The standard InChI is InChI=1S/C24H17N3O2/c28-24-20-9-5-4-8-19(20)22-21(14-15-25-23(22)27-24)26-16-10-12-18(13-11-16)29-17-6-2-1-3-7-17/h1-15H,(H2,25,26,27,28). The van der Waals surface area contributed by atoms with Gasteiger partial charge < -0.3 is 15.0 Å². The second-order valence-electron chi connectivity index (χ2n) is 6.65. The molecule has 3 aromatic carbocycles. The van der Waals surface area contributed by atoms with Crippen LogP contribution in [0.4, 0.5) is 11.4 Å². The molecule has 0 unspecified atom stereocenters. The molecule has 5 rings (SSSR count). The van der Waals surface area contributed by atoms with Crippen LogP contribution in [0.25, 0.3) is 21.8 Å². The Balaban J connectivity index is 1.50. The number of hydrogen-bond acceptors (Lipinski definition) is 4. The first-order valence-corrected chi connectivity index (χ1v) is 9.28. The van der Waals surface area contributed by atoms with Crippen LogP contribution in [0.2, 0.25) is 0 Å². The van der Waals surface area contributed by atoms with E-state index >= 15 is 0 Å². The van der Waals surface area contributed by atoms with Crippen molar-refractivity contribution in [1.82, 2.24) is 9.97 Å². The zero-order valence-corrected chi connectivity index (χ0v) is 15.4. The second-order valence-corrected chi connectivity index (χ2v) is 6.65. The molecule has 0 fully saturated rings. The van der Waals surface area contributed by atoms with E-state index in [0.717, 1.165) is 33.6 Å². The van der Waals surface area contributed by atoms with Gasteiger partial charge in [0.25, 0.3) is 5.56 Å². The molecule has 0 amide bonds. The maximum absolute atomic E-state index is 12.3. The van der Waals surface area contributed by atoms with Crippen LogP contribution < -0.4 is 15.6 Å². The number of hydrogen-bond donors (Lipinski definition) is 2. The van der Waals surface area contributed by atoms with Crippen molar-refractivity contribution in [3.05, 3.63) is 101 Å². The molecule has 0 bridgehead atoms. The summed E-state index contributed by atoms with van der Waals surface area (Å²) in [4.78, 5) is 19.5. The van der Waals surface area contributed by atoms with Gasteiger partial charge in [0.15, 0.2) is 0 Å². The van der Waals surface area contributed by atoms with E-state index in [4.69, 9.17) is 4.74 Å². The molecule has 5 aromatic rings. The van der Waals surface area contributed by atoms with E-state index in [1.54, 1.807) is 6.20 Å². The van der Waals surface area contributed by atoms with Crippen LogP contribution in [0.3, 0.4) is 0 Å². The number of anilines is 2. The number of rotatable bonds is 4. The monoisotopic (exact) mass is 379 g/mol. The molecule has 29 heavy (non-hydrogen) atoms. The largest absolute Gasteiger partial charge is 0.457 e. The van der Waals surface area contributed by atoms with Crippen LogP contribution in [0.5, 0.6) is 11.5 Å². The summed E-state index contributed by atoms with van der Waals surface area (Å²) in [5.41, 5.74) is 2.20. The lowest BCUT2D eigenvalue weighted by Crippen LogP contribution is -2.08. The lowest BCUT2D eigenvalue weighted by Gasteiger charge is -2.12. The van der Waals surface area contributed by atoms with E-state index in [0.29, 0.717) is 11.0 Å². The van der Waals surface area contributed by atoms with Crippen molar-refractivity contribution in [3.8, 4) is 11.5 Å². The van der Waals surface area contributed by atoms with E-state index in [-0.39, 0.29) is 5.56 Å². The van der Waals surface area contributed by atoms with Gasteiger partial charge in [-0.15, -0.1) is 0 Å². The SMILES string of the molecule is O=c1[nH]c2nccc(Nc3ccc(Oc4ccccc4)cc3)c2c2ccccc12. The highest BCUT2D eigenvalue weighted by molar-refractivity contribution is 6.10. The van der Waals surface area contributed by atoms with E-state index in [1.165, 1.54) is 0 Å². The quantitative estimate of drug-likeness (QED) is 0.398. The predicted molar refractivity (Wildman–Crippen MR) is 116 cm³/mol. The van der Waals surface area contributed by atoms with Gasteiger partial charge in [-0.2, -0.15) is 0 Å². The number of benzene rings is 3. The molecule has 140 valence electrons. The minimum Gasteiger partial charge on any atom is -0.457 e. The molecular formula is C24H17N3O2. The first-order valence-electron chi connectivity index (χ1n) is 9.28. The number of ether oxygens (including phenoxy) is 1. The molecule has 0 aliphatic heterocycles. The second kappa shape index (κ2) is 7.13. The van der Waals surface area contributed by atoms with Crippen LogP contribution in [-0.4, -0.2) is 9.97 Å². The highest BCUT2D eigenvalue weighted by Gasteiger charge is 2.10. The van der Waals surface area contributed by atoms with Crippen LogP contribution >= 0.6 is 0 Å². The molecule has 2 heterocycles. The van der Waals surface area contributed by atoms with Gasteiger partial charge in [-0.25, -0.2) is 4.98 Å². The Morgan fingerprint density at radius 3 is 2.24 bits per heavy atom. The summed E-state index contributed by atoms with van der Waals surface area (Å²) in [7, 11) is 0. The van der Waals surface area contributed by atoms with Crippen molar-refractivity contribution in [1.29, 1.82) is 0 Å². The minimum atomic E-state index is -0.139. The molecule has 0 aliphatic rings. The fourth-order valence-electron chi connectivity index (χ4n) is 3.39. The third-order valence-electron chi connectivity index (χ3n) is 4.74. The smallest absolute Gasteiger partial charge is 0.257 e. The maximum atomic E-state index is 12.3. The normalized spacial score (nSPS) is 10.9. The van der Waals surface area contributed by atoms with E-state index in [1.807, 2.05) is 84.9 Å². The van der Waals surface area contributed by atoms with E-state index in [9.17, 15) is 4.79 Å². The fraction of sp³-hybridized carbons (Fsp3) is 0. The van der Waals surface area contributed by atoms with Gasteiger partial charge >= 0.3 is 0 Å². The summed E-state index contributed by atoms with van der Waals surface area (Å²) in [6.45, 7) is 0. The number of nitrogens with zero attached hydrogens (tertiary/aromatic N) is 1. The highest BCUT2D eigenvalue weighted by atomic mass is 16.5. The van der Waals surface area contributed by atoms with Crippen molar-refractivity contribution >= 4 is 33.2 Å². The van der Waals surface area contributed by atoms with Gasteiger partial charge in [0.2, 0.25) is 0 Å². The summed E-state index contributed by atoms with van der Waals surface area (Å²) >= 11 is 0. The van der Waals surface area contributed by atoms with Crippen LogP contribution in [0.1, 0.15) is 0 Å². The van der Waals surface area contributed by atoms with Gasteiger partial charge in [-0.1, -0.05) is 36.4 Å². The third-order valence-corrected chi connectivity index (χ3v) is 4.74. The maximum Gasteiger partial charge on any atom is 0.257 e. The van der Waals surface area contributed by atoms with Crippen molar-refractivity contribution in [3.63, 3.8) is 0 Å². The molecule has 5 nitrogen and oxygen atoms in total. The topological polar surface area (TPSA) is 67.0 Å². The van der Waals surface area contributed by atoms with Gasteiger partial charge in [0, 0.05) is 28.0 Å². The van der Waals surface area contributed by atoms with Crippen molar-refractivity contribution in [2.45, 2.75) is 0 Å². The molecular weight excluding hydrogens is 362 g/mol. The Bertz CT molecular complexity index is 1360. The molecule has 5 heteroatoms. The number of pyridine rings is 2. The number of H-pyrrole nitrogens is 1. The van der Waals surface area contributed by atoms with E-state index in [2.05, 4.69) is 15.3 Å². The molecule has 2 aromatic heterocycles. The lowest BCUT2D eigenvalue weighted by molar-refractivity contribution is 0.483. The molecule has 0 radical (unpaired) electrons. The first kappa shape index (κ1) is 17.0. The minimum absolute atomic E-state index is 0.139. The summed E-state index contributed by atoms with van der Waals surface area (Å²) in [5, 5.41) is 5.82. The van der Waals surface area contributed by atoms with Crippen molar-refractivity contribution < 1.29 is 4.74 Å². The molecule has 0 aliphatic carbocycles. The van der Waals surface area contributed by atoms with Crippen LogP contribution in [0, 0.1) is 0 Å². The fourth-order valence-corrected chi connectivity index (χ4v) is 3.39. The predicted octanol–water partition coefficient (Wildman–Crippen LogP) is 5.61. The van der Waals surface area contributed by atoms with Crippen LogP contribution in [0.15, 0.2) is 95.9 Å². The third kappa shape index (κ3) is 3.30. The van der Waals surface area contributed by atoms with Gasteiger partial charge in [0.05, 0.1) is 5.69 Å². The highest BCUT2D eigenvalue weighted by Crippen LogP contribution is 2.30. The Morgan fingerprint density at radius 1 is 0.759 bits per heavy atom. The van der Waals surface area contributed by atoms with Crippen molar-refractivity contribution in [2.24, 2.45) is 0 Å².